The van der Waals surface area contributed by atoms with E-state index in [4.69, 9.17) is 16.3 Å². The maximum Gasteiger partial charge on any atom is 0.271 e. The van der Waals surface area contributed by atoms with Gasteiger partial charge in [0.05, 0.1) is 13.7 Å². The molecule has 0 aliphatic carbocycles. The minimum atomic E-state index is -1.05. The van der Waals surface area contributed by atoms with Gasteiger partial charge in [-0.1, -0.05) is 17.7 Å². The van der Waals surface area contributed by atoms with E-state index < -0.39 is 5.72 Å². The second kappa shape index (κ2) is 6.93. The number of β-amino-alcohol motifs (C(OH)–C–C–N with tert-alkyl or cyclic N) is 1. The van der Waals surface area contributed by atoms with Crippen molar-refractivity contribution in [1.82, 2.24) is 0 Å². The Labute approximate surface area is 159 Å². The lowest BCUT2D eigenvalue weighted by molar-refractivity contribution is -0.658. The number of hydrogen-bond donors (Lipinski definition) is 1. The Balaban J connectivity index is 1.79. The molecule has 1 N–H and O–H groups in total. The molecule has 0 saturated heterocycles. The summed E-state index contributed by atoms with van der Waals surface area (Å²) in [5.74, 6) is 1.98. The maximum absolute atomic E-state index is 11.7. The molecule has 2 aromatic rings. The lowest BCUT2D eigenvalue weighted by atomic mass is 10.0. The second-order valence-electron chi connectivity index (χ2n) is 6.99. The first kappa shape index (κ1) is 17.4. The van der Waals surface area contributed by atoms with Gasteiger partial charge in [0.25, 0.3) is 11.6 Å². The van der Waals surface area contributed by atoms with E-state index in [9.17, 15) is 5.11 Å². The van der Waals surface area contributed by atoms with Crippen molar-refractivity contribution in [2.75, 3.05) is 25.1 Å². The standard InChI is InChI=1S/C21H24ClN2O2/c1-26-19-11-9-16(10-12-19)21(25)15-23(18-7-5-6-17(22)14-18)20-8-3-2-4-13-24(20)21/h5-7,9-12,14,25H,2-4,8,13,15H2,1H3/q+1/t21-/m1/s1. The third-order valence-corrected chi connectivity index (χ3v) is 5.64. The van der Waals surface area contributed by atoms with Gasteiger partial charge in [0.1, 0.15) is 11.4 Å². The molecule has 0 aromatic heterocycles. The Morgan fingerprint density at radius 3 is 2.65 bits per heavy atom. The van der Waals surface area contributed by atoms with Crippen LogP contribution < -0.4 is 9.64 Å². The quantitative estimate of drug-likeness (QED) is 0.828. The van der Waals surface area contributed by atoms with E-state index in [1.165, 1.54) is 12.3 Å². The number of amidine groups is 1. The molecule has 5 heteroatoms. The summed E-state index contributed by atoms with van der Waals surface area (Å²) in [6.07, 6.45) is 4.37. The molecule has 4 nitrogen and oxygen atoms in total. The number of benzene rings is 2. The van der Waals surface area contributed by atoms with Gasteiger partial charge in [-0.2, -0.15) is 0 Å². The van der Waals surface area contributed by atoms with Crippen LogP contribution in [0.5, 0.6) is 5.75 Å². The minimum Gasteiger partial charge on any atom is -0.497 e. The summed E-state index contributed by atoms with van der Waals surface area (Å²) in [5, 5.41) is 12.4. The van der Waals surface area contributed by atoms with Crippen LogP contribution >= 0.6 is 11.6 Å². The van der Waals surface area contributed by atoms with Gasteiger partial charge in [0.15, 0.2) is 6.54 Å². The summed E-state index contributed by atoms with van der Waals surface area (Å²) >= 11 is 6.23. The predicted octanol–water partition coefficient (Wildman–Crippen LogP) is 4.00. The topological polar surface area (TPSA) is 35.7 Å². The molecule has 26 heavy (non-hydrogen) atoms. The number of ether oxygens (including phenoxy) is 1. The van der Waals surface area contributed by atoms with Crippen molar-refractivity contribution < 1.29 is 14.4 Å². The number of hydrogen-bond acceptors (Lipinski definition) is 3. The van der Waals surface area contributed by atoms with Crippen LogP contribution in [-0.2, 0) is 5.72 Å². The average Bonchev–Trinajstić information content (AvgIpc) is 2.81. The fraction of sp³-hybridized carbons (Fsp3) is 0.381. The first-order chi connectivity index (χ1) is 12.6. The van der Waals surface area contributed by atoms with Crippen LogP contribution in [0.2, 0.25) is 5.02 Å². The molecule has 2 aromatic carbocycles. The van der Waals surface area contributed by atoms with E-state index >= 15 is 0 Å². The van der Waals surface area contributed by atoms with Gasteiger partial charge >= 0.3 is 0 Å². The number of nitrogens with zero attached hydrogens (tertiary/aromatic N) is 2. The maximum atomic E-state index is 11.7. The lowest BCUT2D eigenvalue weighted by Gasteiger charge is -2.23. The van der Waals surface area contributed by atoms with Crippen molar-refractivity contribution in [1.29, 1.82) is 0 Å². The molecule has 136 valence electrons. The number of rotatable bonds is 3. The Morgan fingerprint density at radius 1 is 1.12 bits per heavy atom. The molecule has 0 saturated carbocycles. The lowest BCUT2D eigenvalue weighted by Crippen LogP contribution is -2.41. The molecule has 0 fully saturated rings. The molecule has 2 aliphatic heterocycles. The van der Waals surface area contributed by atoms with Gasteiger partial charge in [0, 0.05) is 23.1 Å². The zero-order valence-electron chi connectivity index (χ0n) is 15.0. The highest BCUT2D eigenvalue weighted by Crippen LogP contribution is 2.36. The third-order valence-electron chi connectivity index (χ3n) is 5.40. The van der Waals surface area contributed by atoms with E-state index in [1.807, 2.05) is 42.5 Å². The fourth-order valence-corrected chi connectivity index (χ4v) is 4.24. The van der Waals surface area contributed by atoms with Crippen molar-refractivity contribution in [3.8, 4) is 5.75 Å². The zero-order chi connectivity index (χ0) is 18.1. The first-order valence-corrected chi connectivity index (χ1v) is 9.53. The summed E-state index contributed by atoms with van der Waals surface area (Å²) in [6, 6.07) is 15.6. The molecule has 0 spiro atoms. The zero-order valence-corrected chi connectivity index (χ0v) is 15.7. The van der Waals surface area contributed by atoms with Gasteiger partial charge < -0.3 is 9.84 Å². The smallest absolute Gasteiger partial charge is 0.271 e. The van der Waals surface area contributed by atoms with E-state index in [2.05, 4.69) is 15.5 Å². The Hall–Kier alpha value is -2.04. The third kappa shape index (κ3) is 2.97. The summed E-state index contributed by atoms with van der Waals surface area (Å²) in [6.45, 7) is 1.35. The average molecular weight is 372 g/mol. The highest BCUT2D eigenvalue weighted by molar-refractivity contribution is 6.30. The van der Waals surface area contributed by atoms with Crippen molar-refractivity contribution in [3.05, 3.63) is 59.1 Å². The molecule has 0 bridgehead atoms. The highest BCUT2D eigenvalue weighted by atomic mass is 35.5. The van der Waals surface area contributed by atoms with Crippen LogP contribution in [0, 0.1) is 0 Å². The highest BCUT2D eigenvalue weighted by Gasteiger charge is 2.51. The molecular weight excluding hydrogens is 348 g/mol. The fourth-order valence-electron chi connectivity index (χ4n) is 4.06. The minimum absolute atomic E-state index is 0.495. The van der Waals surface area contributed by atoms with Crippen LogP contribution in [0.3, 0.4) is 0 Å². The Morgan fingerprint density at radius 2 is 1.92 bits per heavy atom. The van der Waals surface area contributed by atoms with Crippen LogP contribution in [0.25, 0.3) is 0 Å². The molecule has 2 aliphatic rings. The molecule has 0 radical (unpaired) electrons. The molecule has 0 unspecified atom stereocenters. The summed E-state index contributed by atoms with van der Waals surface area (Å²) in [5.41, 5.74) is 0.875. The largest absolute Gasteiger partial charge is 0.497 e. The van der Waals surface area contributed by atoms with Crippen molar-refractivity contribution in [3.63, 3.8) is 0 Å². The number of aliphatic hydroxyl groups is 1. The Bertz CT molecular complexity index is 834. The molecule has 4 rings (SSSR count). The van der Waals surface area contributed by atoms with Crippen LogP contribution in [0.1, 0.15) is 31.2 Å². The SMILES string of the molecule is COc1ccc([C@]2(O)CN(c3cccc(Cl)c3)C3=[N+]2CCCCC3)cc1. The normalized spacial score (nSPS) is 23.0. The van der Waals surface area contributed by atoms with Crippen molar-refractivity contribution in [2.45, 2.75) is 31.4 Å². The number of anilines is 1. The monoisotopic (exact) mass is 371 g/mol. The molecular formula is C21H24ClN2O2+. The van der Waals surface area contributed by atoms with Gasteiger partial charge in [-0.05, 0) is 55.7 Å². The van der Waals surface area contributed by atoms with Crippen molar-refractivity contribution in [2.24, 2.45) is 0 Å². The second-order valence-corrected chi connectivity index (χ2v) is 7.43. The van der Waals surface area contributed by atoms with Crippen LogP contribution in [0.4, 0.5) is 5.69 Å². The van der Waals surface area contributed by atoms with E-state index in [0.717, 1.165) is 42.8 Å². The molecule has 0 amide bonds. The van der Waals surface area contributed by atoms with E-state index in [0.29, 0.717) is 11.6 Å². The number of methoxy groups -OCH3 is 1. The summed E-state index contributed by atoms with van der Waals surface area (Å²) in [7, 11) is 1.65. The summed E-state index contributed by atoms with van der Waals surface area (Å²) in [4.78, 5) is 2.22. The first-order valence-electron chi connectivity index (χ1n) is 9.15. The van der Waals surface area contributed by atoms with Crippen LogP contribution in [-0.4, -0.2) is 35.7 Å². The molecule has 2 heterocycles. The van der Waals surface area contributed by atoms with E-state index in [1.54, 1.807) is 7.11 Å². The van der Waals surface area contributed by atoms with Gasteiger partial charge in [-0.25, -0.2) is 9.48 Å². The summed E-state index contributed by atoms with van der Waals surface area (Å²) < 4.78 is 7.45. The predicted molar refractivity (Wildman–Crippen MR) is 104 cm³/mol. The number of halogens is 1. The van der Waals surface area contributed by atoms with Crippen LogP contribution in [0.15, 0.2) is 48.5 Å². The van der Waals surface area contributed by atoms with E-state index in [-0.39, 0.29) is 0 Å². The Kier molecular flexibility index (Phi) is 4.63. The van der Waals surface area contributed by atoms with Crippen molar-refractivity contribution >= 4 is 23.1 Å². The van der Waals surface area contributed by atoms with Gasteiger partial charge in [-0.3, -0.25) is 0 Å². The molecule has 1 atom stereocenters. The van der Waals surface area contributed by atoms with Gasteiger partial charge in [-0.15, -0.1) is 0 Å². The van der Waals surface area contributed by atoms with Gasteiger partial charge in [0.2, 0.25) is 0 Å².